The number of carbonyl (C=O) groups is 1. The summed E-state index contributed by atoms with van der Waals surface area (Å²) in [6.07, 6.45) is 3.17. The van der Waals surface area contributed by atoms with Gasteiger partial charge in [-0.15, -0.1) is 0 Å². The second kappa shape index (κ2) is 9.33. The number of nitrogens with one attached hydrogen (secondary N) is 1. The van der Waals surface area contributed by atoms with Gasteiger partial charge >= 0.3 is 6.03 Å². The molecule has 0 radical (unpaired) electrons. The van der Waals surface area contributed by atoms with Crippen LogP contribution in [0, 0.1) is 5.92 Å². The summed E-state index contributed by atoms with van der Waals surface area (Å²) < 4.78 is 1.71. The number of nitrogens with zero attached hydrogens (tertiary/aromatic N) is 5. The molecule has 0 saturated carbocycles. The highest BCUT2D eigenvalue weighted by Gasteiger charge is 2.17. The quantitative estimate of drug-likeness (QED) is 0.788. The van der Waals surface area contributed by atoms with E-state index in [2.05, 4.69) is 34.1 Å². The van der Waals surface area contributed by atoms with Gasteiger partial charge in [-0.25, -0.2) is 14.5 Å². The third-order valence-corrected chi connectivity index (χ3v) is 4.11. The Hall–Kier alpha value is -2.41. The normalized spacial score (nSPS) is 12.4. The summed E-state index contributed by atoms with van der Waals surface area (Å²) in [6, 6.07) is 7.88. The summed E-state index contributed by atoms with van der Waals surface area (Å²) >= 11 is 0. The molecule has 1 unspecified atom stereocenters. The van der Waals surface area contributed by atoms with Crippen LogP contribution in [0.5, 0.6) is 0 Å². The van der Waals surface area contributed by atoms with E-state index < -0.39 is 0 Å². The zero-order valence-electron chi connectivity index (χ0n) is 16.4. The SMILES string of the molecule is CC(C)CN(CCN(C)C)C(=O)NC(C)c1ccc(-n2cncn2)cc1. The van der Waals surface area contributed by atoms with Gasteiger partial charge in [-0.1, -0.05) is 26.0 Å². The second-order valence-corrected chi connectivity index (χ2v) is 7.25. The molecule has 2 aromatic rings. The molecule has 142 valence electrons. The molecule has 0 spiro atoms. The predicted molar refractivity (Wildman–Crippen MR) is 103 cm³/mol. The van der Waals surface area contributed by atoms with Crippen molar-refractivity contribution in [2.24, 2.45) is 5.92 Å². The van der Waals surface area contributed by atoms with E-state index in [4.69, 9.17) is 0 Å². The Kier molecular flexibility index (Phi) is 7.15. The molecule has 1 atom stereocenters. The lowest BCUT2D eigenvalue weighted by Gasteiger charge is -2.28. The predicted octanol–water partition coefficient (Wildman–Crippen LogP) is 2.56. The summed E-state index contributed by atoms with van der Waals surface area (Å²) in [6.45, 7) is 8.57. The van der Waals surface area contributed by atoms with E-state index in [0.717, 1.165) is 30.9 Å². The number of likely N-dealkylation sites (N-methyl/N-ethyl adjacent to an activating group) is 1. The van der Waals surface area contributed by atoms with Crippen molar-refractivity contribution in [2.45, 2.75) is 26.8 Å². The average molecular weight is 358 g/mol. The average Bonchev–Trinajstić information content (AvgIpc) is 3.12. The number of aromatic nitrogens is 3. The third-order valence-electron chi connectivity index (χ3n) is 4.11. The van der Waals surface area contributed by atoms with Crippen LogP contribution in [0.25, 0.3) is 5.69 Å². The molecule has 7 heteroatoms. The Balaban J connectivity index is 1.99. The minimum Gasteiger partial charge on any atom is -0.331 e. The molecular formula is C19H30N6O. The van der Waals surface area contributed by atoms with Gasteiger partial charge in [0.15, 0.2) is 0 Å². The van der Waals surface area contributed by atoms with E-state index in [1.165, 1.54) is 6.33 Å². The van der Waals surface area contributed by atoms with E-state index in [-0.39, 0.29) is 12.1 Å². The van der Waals surface area contributed by atoms with Crippen molar-refractivity contribution in [3.8, 4) is 5.69 Å². The fourth-order valence-corrected chi connectivity index (χ4v) is 2.65. The summed E-state index contributed by atoms with van der Waals surface area (Å²) in [7, 11) is 4.04. The lowest BCUT2D eigenvalue weighted by molar-refractivity contribution is 0.181. The maximum Gasteiger partial charge on any atom is 0.317 e. The van der Waals surface area contributed by atoms with Gasteiger partial charge in [0.1, 0.15) is 12.7 Å². The molecule has 1 aromatic carbocycles. The lowest BCUT2D eigenvalue weighted by atomic mass is 10.1. The number of hydrogen-bond acceptors (Lipinski definition) is 4. The van der Waals surface area contributed by atoms with Gasteiger partial charge in [0.2, 0.25) is 0 Å². The van der Waals surface area contributed by atoms with E-state index in [9.17, 15) is 4.79 Å². The number of amides is 2. The summed E-state index contributed by atoms with van der Waals surface area (Å²) in [4.78, 5) is 20.6. The van der Waals surface area contributed by atoms with Crippen LogP contribution < -0.4 is 5.32 Å². The molecule has 1 N–H and O–H groups in total. The van der Waals surface area contributed by atoms with E-state index >= 15 is 0 Å². The molecule has 0 aliphatic rings. The molecule has 0 fully saturated rings. The van der Waals surface area contributed by atoms with Crippen LogP contribution in [0.1, 0.15) is 32.4 Å². The lowest BCUT2D eigenvalue weighted by Crippen LogP contribution is -2.45. The minimum absolute atomic E-state index is 0.0200. The van der Waals surface area contributed by atoms with Crippen LogP contribution in [0.3, 0.4) is 0 Å². The van der Waals surface area contributed by atoms with Gasteiger partial charge in [0, 0.05) is 19.6 Å². The molecule has 0 bridgehead atoms. The topological polar surface area (TPSA) is 66.3 Å². The van der Waals surface area contributed by atoms with Crippen molar-refractivity contribution in [1.29, 1.82) is 0 Å². The van der Waals surface area contributed by atoms with Gasteiger partial charge in [-0.05, 0) is 44.6 Å². The first-order valence-electron chi connectivity index (χ1n) is 9.02. The molecule has 1 heterocycles. The van der Waals surface area contributed by atoms with Crippen molar-refractivity contribution in [3.05, 3.63) is 42.5 Å². The Labute approximate surface area is 156 Å². The van der Waals surface area contributed by atoms with Gasteiger partial charge < -0.3 is 15.1 Å². The first kappa shape index (κ1) is 19.9. The Morgan fingerprint density at radius 2 is 1.85 bits per heavy atom. The number of benzene rings is 1. The van der Waals surface area contributed by atoms with Gasteiger partial charge in [-0.3, -0.25) is 0 Å². The van der Waals surface area contributed by atoms with Crippen LogP contribution >= 0.6 is 0 Å². The standard InChI is InChI=1S/C19H30N6O/c1-15(2)12-24(11-10-23(4)5)19(26)22-16(3)17-6-8-18(9-7-17)25-14-20-13-21-25/h6-9,13-16H,10-12H2,1-5H3,(H,22,26). The third kappa shape index (κ3) is 5.84. The molecule has 0 aliphatic heterocycles. The van der Waals surface area contributed by atoms with E-state index in [0.29, 0.717) is 5.92 Å². The maximum absolute atomic E-state index is 12.7. The van der Waals surface area contributed by atoms with Crippen LogP contribution in [0.4, 0.5) is 4.79 Å². The maximum atomic E-state index is 12.7. The fraction of sp³-hybridized carbons (Fsp3) is 0.526. The van der Waals surface area contributed by atoms with Gasteiger partial charge in [0.25, 0.3) is 0 Å². The second-order valence-electron chi connectivity index (χ2n) is 7.25. The number of urea groups is 1. The molecule has 26 heavy (non-hydrogen) atoms. The van der Waals surface area contributed by atoms with Crippen molar-refractivity contribution in [1.82, 2.24) is 29.9 Å². The number of carbonyl (C=O) groups excluding carboxylic acids is 1. The van der Waals surface area contributed by atoms with E-state index in [1.807, 2.05) is 50.2 Å². The highest BCUT2D eigenvalue weighted by atomic mass is 16.2. The first-order chi connectivity index (χ1) is 12.4. The van der Waals surface area contributed by atoms with Crippen molar-refractivity contribution in [3.63, 3.8) is 0 Å². The largest absolute Gasteiger partial charge is 0.331 e. The molecule has 2 rings (SSSR count). The zero-order chi connectivity index (χ0) is 19.1. The molecule has 7 nitrogen and oxygen atoms in total. The number of hydrogen-bond donors (Lipinski definition) is 1. The molecule has 0 saturated heterocycles. The number of rotatable bonds is 8. The van der Waals surface area contributed by atoms with Crippen molar-refractivity contribution in [2.75, 3.05) is 33.7 Å². The molecular weight excluding hydrogens is 328 g/mol. The highest BCUT2D eigenvalue weighted by molar-refractivity contribution is 5.74. The van der Waals surface area contributed by atoms with Crippen LogP contribution in [0.15, 0.2) is 36.9 Å². The molecule has 1 aromatic heterocycles. The minimum atomic E-state index is -0.0682. The van der Waals surface area contributed by atoms with Crippen molar-refractivity contribution < 1.29 is 4.79 Å². The Morgan fingerprint density at radius 3 is 2.38 bits per heavy atom. The smallest absolute Gasteiger partial charge is 0.317 e. The van der Waals surface area contributed by atoms with Crippen LogP contribution in [-0.4, -0.2) is 64.3 Å². The van der Waals surface area contributed by atoms with Gasteiger partial charge in [0.05, 0.1) is 11.7 Å². The Bertz CT molecular complexity index is 666. The highest BCUT2D eigenvalue weighted by Crippen LogP contribution is 2.15. The molecule has 2 amide bonds. The zero-order valence-corrected chi connectivity index (χ0v) is 16.4. The summed E-state index contributed by atoms with van der Waals surface area (Å²) in [5.74, 6) is 0.431. The van der Waals surface area contributed by atoms with Crippen molar-refractivity contribution >= 4 is 6.03 Å². The van der Waals surface area contributed by atoms with Gasteiger partial charge in [-0.2, -0.15) is 5.10 Å². The Morgan fingerprint density at radius 1 is 1.15 bits per heavy atom. The van der Waals surface area contributed by atoms with E-state index in [1.54, 1.807) is 11.0 Å². The van der Waals surface area contributed by atoms with Crippen LogP contribution in [0.2, 0.25) is 0 Å². The fourth-order valence-electron chi connectivity index (χ4n) is 2.65. The molecule has 0 aliphatic carbocycles. The van der Waals surface area contributed by atoms with Crippen LogP contribution in [-0.2, 0) is 0 Å². The first-order valence-corrected chi connectivity index (χ1v) is 9.02. The summed E-state index contributed by atoms with van der Waals surface area (Å²) in [5.41, 5.74) is 2.00. The monoisotopic (exact) mass is 358 g/mol. The summed E-state index contributed by atoms with van der Waals surface area (Å²) in [5, 5.41) is 7.23.